The number of benzene rings is 1. The second-order valence-electron chi connectivity index (χ2n) is 9.61. The molecule has 5 rings (SSSR count). The van der Waals surface area contributed by atoms with E-state index in [0.29, 0.717) is 36.4 Å². The van der Waals surface area contributed by atoms with Crippen LogP contribution in [0.3, 0.4) is 0 Å². The number of nitrogens with two attached hydrogens (primary N) is 1. The molecule has 4 heterocycles. The van der Waals surface area contributed by atoms with Crippen molar-refractivity contribution < 1.29 is 8.42 Å². The van der Waals surface area contributed by atoms with Gasteiger partial charge >= 0.3 is 0 Å². The summed E-state index contributed by atoms with van der Waals surface area (Å²) < 4.78 is 25.4. The molecule has 10 heteroatoms. The van der Waals surface area contributed by atoms with Crippen molar-refractivity contribution >= 4 is 38.0 Å². The van der Waals surface area contributed by atoms with Gasteiger partial charge in [-0.2, -0.15) is 0 Å². The molecule has 1 aliphatic rings. The first-order valence-electron chi connectivity index (χ1n) is 12.5. The number of anilines is 1. The van der Waals surface area contributed by atoms with E-state index in [4.69, 9.17) is 5.73 Å². The van der Waals surface area contributed by atoms with Crippen LogP contribution in [0, 0.1) is 0 Å². The predicted molar refractivity (Wildman–Crippen MR) is 150 cm³/mol. The second-order valence-corrected chi connectivity index (χ2v) is 13.0. The number of hydrogen-bond donors (Lipinski definition) is 2. The van der Waals surface area contributed by atoms with E-state index in [1.807, 2.05) is 18.2 Å². The zero-order valence-electron chi connectivity index (χ0n) is 21.0. The van der Waals surface area contributed by atoms with E-state index in [2.05, 4.69) is 46.5 Å². The van der Waals surface area contributed by atoms with E-state index in [-0.39, 0.29) is 29.0 Å². The lowest BCUT2D eigenvalue weighted by atomic mass is 9.94. The second kappa shape index (κ2) is 10.4. The number of pyridine rings is 1. The third kappa shape index (κ3) is 5.18. The predicted octanol–water partition coefficient (Wildman–Crippen LogP) is 4.02. The van der Waals surface area contributed by atoms with Crippen LogP contribution in [-0.2, 0) is 23.3 Å². The molecule has 1 atom stereocenters. The van der Waals surface area contributed by atoms with Crippen molar-refractivity contribution in [2.45, 2.75) is 38.1 Å². The molecule has 0 radical (unpaired) electrons. The van der Waals surface area contributed by atoms with Crippen LogP contribution in [0.5, 0.6) is 0 Å². The van der Waals surface area contributed by atoms with Crippen molar-refractivity contribution in [2.75, 3.05) is 23.4 Å². The molecule has 0 saturated carbocycles. The van der Waals surface area contributed by atoms with Crippen LogP contribution < -0.4 is 16.6 Å². The van der Waals surface area contributed by atoms with Crippen molar-refractivity contribution in [1.29, 1.82) is 0 Å². The van der Waals surface area contributed by atoms with Crippen molar-refractivity contribution in [3.63, 3.8) is 0 Å². The maximum absolute atomic E-state index is 13.1. The molecule has 0 aliphatic carbocycles. The quantitative estimate of drug-likeness (QED) is 0.365. The number of nitrogens with one attached hydrogen (secondary N) is 1. The molecule has 0 bridgehead atoms. The van der Waals surface area contributed by atoms with E-state index in [9.17, 15) is 13.2 Å². The minimum Gasteiger partial charge on any atom is -0.362 e. The third-order valence-corrected chi connectivity index (χ3v) is 10.1. The summed E-state index contributed by atoms with van der Waals surface area (Å²) in [4.78, 5) is 24.4. The van der Waals surface area contributed by atoms with Crippen molar-refractivity contribution in [3.8, 4) is 10.4 Å². The normalized spacial score (nSPS) is 16.6. The minimum atomic E-state index is -3.02. The molecule has 0 unspecified atom stereocenters. The molecule has 1 fully saturated rings. The van der Waals surface area contributed by atoms with E-state index in [1.165, 1.54) is 22.3 Å². The summed E-state index contributed by atoms with van der Waals surface area (Å²) in [5.41, 5.74) is 9.31. The number of hydrogen-bond acceptors (Lipinski definition) is 8. The molecule has 37 heavy (non-hydrogen) atoms. The molecular formula is C27H31N5O3S2. The van der Waals surface area contributed by atoms with E-state index in [1.54, 1.807) is 23.0 Å². The Balaban J connectivity index is 1.46. The molecule has 1 saturated heterocycles. The van der Waals surface area contributed by atoms with Crippen molar-refractivity contribution in [2.24, 2.45) is 12.8 Å². The Morgan fingerprint density at radius 3 is 2.68 bits per heavy atom. The maximum atomic E-state index is 13.1. The molecule has 0 spiro atoms. The lowest BCUT2D eigenvalue weighted by Gasteiger charge is -2.23. The fourth-order valence-electron chi connectivity index (χ4n) is 5.04. The Kier molecular flexibility index (Phi) is 7.15. The number of aryl methyl sites for hydroxylation is 1. The minimum absolute atomic E-state index is 0.0287. The summed E-state index contributed by atoms with van der Waals surface area (Å²) in [5.74, 6) is 0.782. The van der Waals surface area contributed by atoms with Crippen molar-refractivity contribution in [1.82, 2.24) is 14.5 Å². The fourth-order valence-corrected chi connectivity index (χ4v) is 7.61. The van der Waals surface area contributed by atoms with Gasteiger partial charge in [-0.1, -0.05) is 24.3 Å². The lowest BCUT2D eigenvalue weighted by molar-refractivity contribution is 0.546. The summed E-state index contributed by atoms with van der Waals surface area (Å²) in [5, 5.41) is 4.28. The van der Waals surface area contributed by atoms with E-state index in [0.717, 1.165) is 16.7 Å². The fraction of sp³-hybridized carbons (Fsp3) is 0.370. The highest BCUT2D eigenvalue weighted by Crippen LogP contribution is 2.36. The Morgan fingerprint density at radius 1 is 1.16 bits per heavy atom. The van der Waals surface area contributed by atoms with Gasteiger partial charge in [-0.25, -0.2) is 18.4 Å². The summed E-state index contributed by atoms with van der Waals surface area (Å²) >= 11 is 1.73. The number of aromatic nitrogens is 3. The zero-order valence-corrected chi connectivity index (χ0v) is 22.6. The van der Waals surface area contributed by atoms with Crippen LogP contribution in [0.2, 0.25) is 0 Å². The highest BCUT2D eigenvalue weighted by atomic mass is 32.2. The highest BCUT2D eigenvalue weighted by Gasteiger charge is 2.28. The molecule has 8 nitrogen and oxygen atoms in total. The van der Waals surface area contributed by atoms with Crippen LogP contribution in [0.15, 0.2) is 53.6 Å². The molecule has 3 N–H and O–H groups in total. The number of sulfone groups is 1. The Labute approximate surface area is 220 Å². The Morgan fingerprint density at radius 2 is 1.92 bits per heavy atom. The molecular weight excluding hydrogens is 506 g/mol. The first kappa shape index (κ1) is 25.6. The van der Waals surface area contributed by atoms with Gasteiger partial charge in [0.1, 0.15) is 27.6 Å². The molecule has 1 aliphatic heterocycles. The van der Waals surface area contributed by atoms with Crippen LogP contribution in [0.25, 0.3) is 21.5 Å². The summed E-state index contributed by atoms with van der Waals surface area (Å²) in [6.45, 7) is 2.69. The summed E-state index contributed by atoms with van der Waals surface area (Å²) in [6.07, 6.45) is 3.21. The van der Waals surface area contributed by atoms with Gasteiger partial charge in [-0.05, 0) is 68.0 Å². The smallest absolute Gasteiger partial charge is 0.255 e. The standard InChI is InChI=1S/C27H31N5O3S2/c1-17(23-7-8-24(36-23)20-6-4-3-5-18(20)9-12-28)31-25-22-15-21(19-10-13-37(34,35)14-11-19)27(33)32(2)26(22)30-16-29-25/h3-8,15-17,19H,9-14,28H2,1-2H3,(H,29,30,31)/t17-/m1/s1. The van der Waals surface area contributed by atoms with Gasteiger partial charge < -0.3 is 11.1 Å². The SMILES string of the molecule is C[C@@H](Nc1ncnc2c1cc(C1CCS(=O)(=O)CC1)c(=O)n2C)c1ccc(-c2ccccc2CCN)s1. The van der Waals surface area contributed by atoms with Gasteiger partial charge in [0.25, 0.3) is 5.56 Å². The summed E-state index contributed by atoms with van der Waals surface area (Å²) in [6, 6.07) is 14.5. The number of thiophene rings is 1. The molecule has 0 amide bonds. The number of fused-ring (bicyclic) bond motifs is 1. The third-order valence-electron chi connectivity index (χ3n) is 7.13. The average Bonchev–Trinajstić information content (AvgIpc) is 3.38. The maximum Gasteiger partial charge on any atom is 0.255 e. The van der Waals surface area contributed by atoms with Gasteiger partial charge in [-0.15, -0.1) is 11.3 Å². The molecule has 194 valence electrons. The van der Waals surface area contributed by atoms with Crippen molar-refractivity contribution in [3.05, 3.63) is 75.1 Å². The Hall–Kier alpha value is -3.08. The monoisotopic (exact) mass is 537 g/mol. The lowest BCUT2D eigenvalue weighted by Crippen LogP contribution is -2.29. The van der Waals surface area contributed by atoms with Gasteiger partial charge in [0.2, 0.25) is 0 Å². The number of nitrogens with zero attached hydrogens (tertiary/aromatic N) is 3. The van der Waals surface area contributed by atoms with Gasteiger partial charge in [-0.3, -0.25) is 9.36 Å². The first-order chi connectivity index (χ1) is 17.8. The van der Waals surface area contributed by atoms with Gasteiger partial charge in [0.15, 0.2) is 0 Å². The van der Waals surface area contributed by atoms with Crippen LogP contribution >= 0.6 is 11.3 Å². The summed E-state index contributed by atoms with van der Waals surface area (Å²) in [7, 11) is -1.31. The zero-order chi connectivity index (χ0) is 26.2. The number of rotatable bonds is 7. The van der Waals surface area contributed by atoms with Gasteiger partial charge in [0, 0.05) is 22.4 Å². The van der Waals surface area contributed by atoms with Crippen LogP contribution in [-0.4, -0.2) is 41.0 Å². The topological polar surface area (TPSA) is 120 Å². The largest absolute Gasteiger partial charge is 0.362 e. The molecule has 3 aromatic heterocycles. The molecule has 1 aromatic carbocycles. The van der Waals surface area contributed by atoms with Crippen LogP contribution in [0.4, 0.5) is 5.82 Å². The first-order valence-corrected chi connectivity index (χ1v) is 15.1. The highest BCUT2D eigenvalue weighted by molar-refractivity contribution is 7.91. The van der Waals surface area contributed by atoms with Crippen LogP contribution in [0.1, 0.15) is 47.7 Å². The average molecular weight is 538 g/mol. The van der Waals surface area contributed by atoms with Gasteiger partial charge in [0.05, 0.1) is 22.9 Å². The van der Waals surface area contributed by atoms with E-state index < -0.39 is 9.84 Å². The Bertz CT molecular complexity index is 1600. The van der Waals surface area contributed by atoms with E-state index >= 15 is 0 Å². The molecule has 4 aromatic rings.